The van der Waals surface area contributed by atoms with Gasteiger partial charge in [-0.05, 0) is 42.7 Å². The minimum atomic E-state index is 0.716. The minimum absolute atomic E-state index is 0.716. The third-order valence-electron chi connectivity index (χ3n) is 3.01. The highest BCUT2D eigenvalue weighted by Gasteiger charge is 1.98. The maximum atomic E-state index is 5.99. The van der Waals surface area contributed by atoms with Crippen LogP contribution in [0, 0.1) is 6.42 Å². The summed E-state index contributed by atoms with van der Waals surface area (Å²) in [5.74, 6) is 0. The van der Waals surface area contributed by atoms with Crippen LogP contribution in [0.3, 0.4) is 0 Å². The molecule has 0 amide bonds. The van der Waals surface area contributed by atoms with Crippen LogP contribution >= 0.6 is 11.6 Å². The molecule has 0 spiro atoms. The van der Waals surface area contributed by atoms with E-state index in [0.29, 0.717) is 5.02 Å². The van der Waals surface area contributed by atoms with Gasteiger partial charge in [0.15, 0.2) is 0 Å². The average molecular weight is 267 g/mol. The molecule has 93 valence electrons. The Morgan fingerprint density at radius 1 is 1.11 bits per heavy atom. The van der Waals surface area contributed by atoms with E-state index in [1.54, 1.807) is 0 Å². The Morgan fingerprint density at radius 3 is 2.84 bits per heavy atom. The summed E-state index contributed by atoms with van der Waals surface area (Å²) < 4.78 is 0. The molecule has 2 heteroatoms. The fourth-order valence-corrected chi connectivity index (χ4v) is 2.20. The van der Waals surface area contributed by atoms with Crippen LogP contribution in [0.5, 0.6) is 0 Å². The summed E-state index contributed by atoms with van der Waals surface area (Å²) in [5, 5.41) is 1.82. The second-order valence-corrected chi connectivity index (χ2v) is 4.88. The lowest BCUT2D eigenvalue weighted by Crippen LogP contribution is -1.84. The molecule has 0 N–H and O–H groups in total. The van der Waals surface area contributed by atoms with Crippen LogP contribution in [0.1, 0.15) is 12.1 Å². The molecule has 0 saturated carbocycles. The molecule has 0 bridgehead atoms. The van der Waals surface area contributed by atoms with Crippen molar-refractivity contribution in [2.75, 3.05) is 0 Å². The molecule has 0 aliphatic heterocycles. The lowest BCUT2D eigenvalue weighted by Gasteiger charge is -2.02. The van der Waals surface area contributed by atoms with Gasteiger partial charge in [0.25, 0.3) is 0 Å². The number of benzene rings is 1. The van der Waals surface area contributed by atoms with Gasteiger partial charge in [0.1, 0.15) is 0 Å². The fourth-order valence-electron chi connectivity index (χ4n) is 2.03. The maximum Gasteiger partial charge on any atom is 0.0724 e. The van der Waals surface area contributed by atoms with Gasteiger partial charge >= 0.3 is 0 Å². The number of pyridine rings is 1. The molecule has 1 aromatic heterocycles. The highest BCUT2D eigenvalue weighted by Crippen LogP contribution is 2.19. The number of halogens is 1. The highest BCUT2D eigenvalue weighted by molar-refractivity contribution is 6.31. The van der Waals surface area contributed by atoms with Gasteiger partial charge in [0.2, 0.25) is 0 Å². The second kappa shape index (κ2) is 5.41. The first kappa shape index (κ1) is 12.2. The van der Waals surface area contributed by atoms with Gasteiger partial charge in [-0.1, -0.05) is 48.0 Å². The normalized spacial score (nSPS) is 15.1. The van der Waals surface area contributed by atoms with Crippen molar-refractivity contribution in [2.24, 2.45) is 0 Å². The smallest absolute Gasteiger partial charge is 0.0724 e. The lowest BCUT2D eigenvalue weighted by atomic mass is 10.1. The van der Waals surface area contributed by atoms with E-state index < -0.39 is 0 Å². The molecule has 1 radical (unpaired) electrons. The van der Waals surface area contributed by atoms with Gasteiger partial charge in [0, 0.05) is 10.4 Å². The summed E-state index contributed by atoms with van der Waals surface area (Å²) in [4.78, 5) is 4.59. The Morgan fingerprint density at radius 2 is 2.00 bits per heavy atom. The van der Waals surface area contributed by atoms with E-state index >= 15 is 0 Å². The van der Waals surface area contributed by atoms with Crippen LogP contribution in [0.25, 0.3) is 17.0 Å². The van der Waals surface area contributed by atoms with Crippen molar-refractivity contribution in [1.82, 2.24) is 4.98 Å². The van der Waals surface area contributed by atoms with E-state index in [9.17, 15) is 0 Å². The van der Waals surface area contributed by atoms with Crippen molar-refractivity contribution in [2.45, 2.75) is 6.42 Å². The third kappa shape index (κ3) is 2.94. The number of fused-ring (bicyclic) bond motifs is 1. The quantitative estimate of drug-likeness (QED) is 0.746. The van der Waals surface area contributed by atoms with Gasteiger partial charge in [0.05, 0.1) is 11.2 Å². The van der Waals surface area contributed by atoms with E-state index in [4.69, 9.17) is 11.6 Å². The van der Waals surface area contributed by atoms with Crippen molar-refractivity contribution < 1.29 is 0 Å². The zero-order valence-corrected chi connectivity index (χ0v) is 11.1. The predicted molar refractivity (Wildman–Crippen MR) is 81.9 cm³/mol. The predicted octanol–water partition coefficient (Wildman–Crippen LogP) is 4.99. The van der Waals surface area contributed by atoms with Gasteiger partial charge in [-0.2, -0.15) is 0 Å². The number of nitrogens with zero attached hydrogens (tertiary/aromatic N) is 1. The zero-order chi connectivity index (χ0) is 13.1. The molecule has 1 aromatic carbocycles. The van der Waals surface area contributed by atoms with Crippen LogP contribution in [0.4, 0.5) is 0 Å². The Bertz CT molecular complexity index is 695. The molecule has 19 heavy (non-hydrogen) atoms. The first-order valence-corrected chi connectivity index (χ1v) is 6.63. The Balaban J connectivity index is 1.90. The molecule has 0 atom stereocenters. The van der Waals surface area contributed by atoms with Gasteiger partial charge in [-0.15, -0.1) is 0 Å². The summed E-state index contributed by atoms with van der Waals surface area (Å²) in [6.07, 6.45) is 13.6. The number of hydrogen-bond donors (Lipinski definition) is 0. The van der Waals surface area contributed by atoms with E-state index in [1.165, 1.54) is 5.57 Å². The molecule has 0 unspecified atom stereocenters. The van der Waals surface area contributed by atoms with Crippen molar-refractivity contribution in [3.8, 4) is 0 Å². The third-order valence-corrected chi connectivity index (χ3v) is 3.25. The minimum Gasteiger partial charge on any atom is -0.248 e. The van der Waals surface area contributed by atoms with Gasteiger partial charge in [-0.3, -0.25) is 0 Å². The van der Waals surface area contributed by atoms with Crippen LogP contribution in [-0.2, 0) is 0 Å². The van der Waals surface area contributed by atoms with Gasteiger partial charge in [-0.25, -0.2) is 4.98 Å². The largest absolute Gasteiger partial charge is 0.248 e. The van der Waals surface area contributed by atoms with Crippen LogP contribution in [0.2, 0.25) is 5.02 Å². The molecule has 1 heterocycles. The van der Waals surface area contributed by atoms with Crippen LogP contribution in [-0.4, -0.2) is 4.98 Å². The number of allylic oxidation sites excluding steroid dienone is 5. The molecule has 0 saturated heterocycles. The Hall–Kier alpha value is -1.86. The van der Waals surface area contributed by atoms with E-state index in [1.807, 2.05) is 30.3 Å². The van der Waals surface area contributed by atoms with Crippen molar-refractivity contribution in [3.05, 3.63) is 77.3 Å². The first-order chi connectivity index (χ1) is 9.31. The van der Waals surface area contributed by atoms with Crippen molar-refractivity contribution in [1.29, 1.82) is 0 Å². The summed E-state index contributed by atoms with van der Waals surface area (Å²) in [6.45, 7) is 0. The maximum absolute atomic E-state index is 5.99. The summed E-state index contributed by atoms with van der Waals surface area (Å²) >= 11 is 5.99. The molecule has 3 rings (SSSR count). The second-order valence-electron chi connectivity index (χ2n) is 4.45. The monoisotopic (exact) mass is 266 g/mol. The average Bonchev–Trinajstić information content (AvgIpc) is 2.46. The number of aromatic nitrogens is 1. The van der Waals surface area contributed by atoms with E-state index in [-0.39, 0.29) is 0 Å². The zero-order valence-electron chi connectivity index (χ0n) is 10.4. The van der Waals surface area contributed by atoms with Crippen LogP contribution < -0.4 is 0 Å². The first-order valence-electron chi connectivity index (χ1n) is 6.26. The molecule has 1 aliphatic carbocycles. The van der Waals surface area contributed by atoms with Crippen LogP contribution in [0.15, 0.2) is 60.2 Å². The summed E-state index contributed by atoms with van der Waals surface area (Å²) in [7, 11) is 0. The number of rotatable bonds is 2. The van der Waals surface area contributed by atoms with Crippen molar-refractivity contribution in [3.63, 3.8) is 0 Å². The molecular formula is C17H13ClN. The fraction of sp³-hybridized carbons (Fsp3) is 0.0588. The van der Waals surface area contributed by atoms with E-state index in [0.717, 1.165) is 23.0 Å². The Labute approximate surface area is 117 Å². The molecule has 2 aromatic rings. The molecule has 0 fully saturated rings. The molecular weight excluding hydrogens is 254 g/mol. The molecule has 1 aliphatic rings. The number of hydrogen-bond acceptors (Lipinski definition) is 1. The molecule has 1 nitrogen and oxygen atoms in total. The van der Waals surface area contributed by atoms with Gasteiger partial charge < -0.3 is 0 Å². The summed E-state index contributed by atoms with van der Waals surface area (Å²) in [6, 6.07) is 9.84. The lowest BCUT2D eigenvalue weighted by molar-refractivity contribution is 1.25. The standard InChI is InChI=1S/C17H13ClN/c18-15-9-7-14-8-11-16(19-17(14)12-15)10-6-13-4-2-1-3-5-13/h2-12H,1H2. The SMILES string of the molecule is Clc1ccc2ccc(C=CC3=C[CH]CC=C3)nc2c1. The van der Waals surface area contributed by atoms with Crippen molar-refractivity contribution >= 4 is 28.6 Å². The highest BCUT2D eigenvalue weighted by atomic mass is 35.5. The Kier molecular flexibility index (Phi) is 3.47. The van der Waals surface area contributed by atoms with E-state index in [2.05, 4.69) is 41.8 Å². The topological polar surface area (TPSA) is 12.9 Å². The summed E-state index contributed by atoms with van der Waals surface area (Å²) in [5.41, 5.74) is 3.06.